The summed E-state index contributed by atoms with van der Waals surface area (Å²) in [6.07, 6.45) is 4.00. The van der Waals surface area contributed by atoms with Gasteiger partial charge < -0.3 is 4.74 Å². The summed E-state index contributed by atoms with van der Waals surface area (Å²) in [4.78, 5) is 0. The summed E-state index contributed by atoms with van der Waals surface area (Å²) in [7, 11) is 0. The molecule has 0 fully saturated rings. The minimum absolute atomic E-state index is 0.630. The van der Waals surface area contributed by atoms with Crippen LogP contribution in [0.5, 0.6) is 5.75 Å². The predicted octanol–water partition coefficient (Wildman–Crippen LogP) is 4.85. The normalized spacial score (nSPS) is 9.67. The summed E-state index contributed by atoms with van der Waals surface area (Å²) in [6.45, 7) is 4.63. The molecule has 0 spiro atoms. The fourth-order valence-electron chi connectivity index (χ4n) is 1.26. The quantitative estimate of drug-likeness (QED) is 0.697. The van der Waals surface area contributed by atoms with Gasteiger partial charge in [-0.05, 0) is 31.5 Å². The molecule has 1 nitrogen and oxygen atoms in total. The van der Waals surface area contributed by atoms with Crippen molar-refractivity contribution in [2.24, 2.45) is 0 Å². The summed E-state index contributed by atoms with van der Waals surface area (Å²) >= 11 is 0. The minimum atomic E-state index is 0.630. The lowest BCUT2D eigenvalue weighted by molar-refractivity contribution is 0.306. The molecule has 0 atom stereocenters. The van der Waals surface area contributed by atoms with E-state index in [1.807, 2.05) is 74.5 Å². The van der Waals surface area contributed by atoms with Crippen LogP contribution < -0.4 is 4.74 Å². The van der Waals surface area contributed by atoms with Gasteiger partial charge in [-0.25, -0.2) is 0 Å². The monoisotopic (exact) mass is 240 g/mol. The van der Waals surface area contributed by atoms with E-state index in [-0.39, 0.29) is 0 Å². The highest BCUT2D eigenvalue weighted by Gasteiger charge is 1.92. The largest absolute Gasteiger partial charge is 0.489 e. The smallest absolute Gasteiger partial charge is 0.119 e. The van der Waals surface area contributed by atoms with E-state index in [0.717, 1.165) is 5.75 Å². The van der Waals surface area contributed by atoms with Crippen LogP contribution in [0, 0.1) is 0 Å². The molecule has 0 N–H and O–H groups in total. The van der Waals surface area contributed by atoms with Gasteiger partial charge >= 0.3 is 0 Å². The highest BCUT2D eigenvalue weighted by Crippen LogP contribution is 2.10. The summed E-state index contributed by atoms with van der Waals surface area (Å²) in [5.41, 5.74) is 1.19. The Morgan fingerprint density at radius 2 is 1.28 bits per heavy atom. The molecule has 18 heavy (non-hydrogen) atoms. The molecule has 0 bridgehead atoms. The minimum Gasteiger partial charge on any atom is -0.489 e. The fraction of sp³-hybridized carbons (Fsp3) is 0.176. The molecule has 0 aliphatic rings. The second-order valence-electron chi connectivity index (χ2n) is 3.75. The zero-order valence-corrected chi connectivity index (χ0v) is 11.0. The van der Waals surface area contributed by atoms with Crippen LogP contribution in [0.2, 0.25) is 0 Å². The Balaban J connectivity index is 0.000000357. The van der Waals surface area contributed by atoms with Crippen molar-refractivity contribution in [3.63, 3.8) is 0 Å². The average molecular weight is 240 g/mol. The number of rotatable bonds is 3. The number of para-hydroxylation sites is 1. The molecule has 1 heteroatoms. The van der Waals surface area contributed by atoms with Crippen LogP contribution in [0.3, 0.4) is 0 Å². The Hall–Kier alpha value is -2.02. The first-order chi connectivity index (χ1) is 8.86. The van der Waals surface area contributed by atoms with E-state index in [4.69, 9.17) is 4.74 Å². The van der Waals surface area contributed by atoms with Gasteiger partial charge in [0.05, 0.1) is 0 Å². The summed E-state index contributed by atoms with van der Waals surface area (Å²) in [5, 5.41) is 0. The Labute approximate surface area is 110 Å². The summed E-state index contributed by atoms with van der Waals surface area (Å²) in [5.74, 6) is 0.913. The SMILES string of the molecule is C/C=C\C.c1ccc(COc2ccccc2)cc1. The first-order valence-electron chi connectivity index (χ1n) is 6.16. The number of ether oxygens (including phenoxy) is 1. The molecule has 0 unspecified atom stereocenters. The maximum Gasteiger partial charge on any atom is 0.119 e. The molecule has 2 aromatic carbocycles. The maximum atomic E-state index is 5.59. The Bertz CT molecular complexity index is 388. The summed E-state index contributed by atoms with van der Waals surface area (Å²) in [6, 6.07) is 20.0. The van der Waals surface area contributed by atoms with Crippen LogP contribution in [0.4, 0.5) is 0 Å². The van der Waals surface area contributed by atoms with Crippen molar-refractivity contribution in [3.8, 4) is 5.75 Å². The molecular weight excluding hydrogens is 220 g/mol. The van der Waals surface area contributed by atoms with E-state index < -0.39 is 0 Å². The third-order valence-corrected chi connectivity index (χ3v) is 2.32. The molecular formula is C17H20O. The number of hydrogen-bond donors (Lipinski definition) is 0. The van der Waals surface area contributed by atoms with Gasteiger partial charge in [0, 0.05) is 0 Å². The van der Waals surface area contributed by atoms with Crippen molar-refractivity contribution in [2.45, 2.75) is 20.5 Å². The Morgan fingerprint density at radius 1 is 0.778 bits per heavy atom. The van der Waals surface area contributed by atoms with Gasteiger partial charge in [-0.15, -0.1) is 0 Å². The Morgan fingerprint density at radius 3 is 1.78 bits per heavy atom. The number of benzene rings is 2. The standard InChI is InChI=1S/C13H12O.C4H8/c1-3-7-12(8-4-1)11-14-13-9-5-2-6-10-13;1-3-4-2/h1-10H,11H2;3-4H,1-2H3/b;4-3-. The summed E-state index contributed by atoms with van der Waals surface area (Å²) < 4.78 is 5.59. The van der Waals surface area contributed by atoms with Crippen LogP contribution in [0.15, 0.2) is 72.8 Å². The van der Waals surface area contributed by atoms with Gasteiger partial charge in [-0.3, -0.25) is 0 Å². The second kappa shape index (κ2) is 9.06. The number of hydrogen-bond acceptors (Lipinski definition) is 1. The van der Waals surface area contributed by atoms with Crippen LogP contribution in [0.25, 0.3) is 0 Å². The average Bonchev–Trinajstić information content (AvgIpc) is 2.47. The van der Waals surface area contributed by atoms with Gasteiger partial charge in [-0.2, -0.15) is 0 Å². The molecule has 0 saturated carbocycles. The van der Waals surface area contributed by atoms with E-state index in [0.29, 0.717) is 6.61 Å². The van der Waals surface area contributed by atoms with Gasteiger partial charge in [0.25, 0.3) is 0 Å². The molecule has 0 aliphatic heterocycles. The lowest BCUT2D eigenvalue weighted by Gasteiger charge is -2.05. The molecule has 0 amide bonds. The van der Waals surface area contributed by atoms with E-state index in [1.165, 1.54) is 5.56 Å². The highest BCUT2D eigenvalue weighted by molar-refractivity contribution is 5.22. The van der Waals surface area contributed by atoms with Gasteiger partial charge in [0.2, 0.25) is 0 Å². The van der Waals surface area contributed by atoms with E-state index in [9.17, 15) is 0 Å². The lowest BCUT2D eigenvalue weighted by Crippen LogP contribution is -1.94. The predicted molar refractivity (Wildman–Crippen MR) is 77.7 cm³/mol. The zero-order chi connectivity index (χ0) is 13.1. The van der Waals surface area contributed by atoms with Crippen LogP contribution >= 0.6 is 0 Å². The first-order valence-corrected chi connectivity index (χ1v) is 6.16. The van der Waals surface area contributed by atoms with Crippen molar-refractivity contribution < 1.29 is 4.74 Å². The molecule has 0 radical (unpaired) electrons. The van der Waals surface area contributed by atoms with Gasteiger partial charge in [-0.1, -0.05) is 60.7 Å². The van der Waals surface area contributed by atoms with E-state index >= 15 is 0 Å². The maximum absolute atomic E-state index is 5.59. The van der Waals surface area contributed by atoms with Crippen molar-refractivity contribution in [2.75, 3.05) is 0 Å². The first kappa shape index (κ1) is 14.0. The Kier molecular flexibility index (Phi) is 7.07. The van der Waals surface area contributed by atoms with Crippen LogP contribution in [0.1, 0.15) is 19.4 Å². The van der Waals surface area contributed by atoms with Crippen molar-refractivity contribution in [1.29, 1.82) is 0 Å². The molecule has 0 saturated heterocycles. The van der Waals surface area contributed by atoms with Crippen LogP contribution in [-0.4, -0.2) is 0 Å². The molecule has 0 heterocycles. The van der Waals surface area contributed by atoms with Crippen LogP contribution in [-0.2, 0) is 6.61 Å². The van der Waals surface area contributed by atoms with Gasteiger partial charge in [0.15, 0.2) is 0 Å². The lowest BCUT2D eigenvalue weighted by atomic mass is 10.2. The van der Waals surface area contributed by atoms with E-state index in [1.54, 1.807) is 0 Å². The highest BCUT2D eigenvalue weighted by atomic mass is 16.5. The second-order valence-corrected chi connectivity index (χ2v) is 3.75. The topological polar surface area (TPSA) is 9.23 Å². The zero-order valence-electron chi connectivity index (χ0n) is 11.0. The molecule has 0 aliphatic carbocycles. The van der Waals surface area contributed by atoms with Crippen molar-refractivity contribution in [1.82, 2.24) is 0 Å². The third-order valence-electron chi connectivity index (χ3n) is 2.32. The van der Waals surface area contributed by atoms with Gasteiger partial charge in [0.1, 0.15) is 12.4 Å². The fourth-order valence-corrected chi connectivity index (χ4v) is 1.26. The molecule has 2 rings (SSSR count). The third kappa shape index (κ3) is 5.90. The number of allylic oxidation sites excluding steroid dienone is 2. The molecule has 2 aromatic rings. The van der Waals surface area contributed by atoms with Crippen molar-refractivity contribution >= 4 is 0 Å². The molecule has 94 valence electrons. The van der Waals surface area contributed by atoms with Crippen molar-refractivity contribution in [3.05, 3.63) is 78.4 Å². The van der Waals surface area contributed by atoms with E-state index in [2.05, 4.69) is 12.1 Å². The molecule has 0 aromatic heterocycles.